The fraction of sp³-hybridized carbons (Fsp3) is 0.333. The summed E-state index contributed by atoms with van der Waals surface area (Å²) in [4.78, 5) is 23.1. The van der Waals surface area contributed by atoms with Crippen LogP contribution >= 0.6 is 11.6 Å². The van der Waals surface area contributed by atoms with Crippen molar-refractivity contribution in [2.24, 2.45) is 0 Å². The fourth-order valence-corrected chi connectivity index (χ4v) is 1.52. The second kappa shape index (κ2) is 5.68. The van der Waals surface area contributed by atoms with Gasteiger partial charge in [0.05, 0.1) is 11.6 Å². The summed E-state index contributed by atoms with van der Waals surface area (Å²) in [6.45, 7) is 3.33. The quantitative estimate of drug-likeness (QED) is 0.866. The van der Waals surface area contributed by atoms with Gasteiger partial charge in [-0.1, -0.05) is 18.5 Å². The molecule has 1 rings (SSSR count). The second-order valence-corrected chi connectivity index (χ2v) is 4.11. The van der Waals surface area contributed by atoms with E-state index in [4.69, 9.17) is 11.6 Å². The van der Waals surface area contributed by atoms with Crippen molar-refractivity contribution in [3.8, 4) is 5.75 Å². The van der Waals surface area contributed by atoms with Crippen LogP contribution in [0.1, 0.15) is 30.6 Å². The Bertz CT molecular complexity index is 445. The highest BCUT2D eigenvalue weighted by Gasteiger charge is 2.17. The van der Waals surface area contributed by atoms with Crippen LogP contribution in [0.3, 0.4) is 0 Å². The molecule has 0 saturated carbocycles. The Hall–Kier alpha value is -1.55. The topological polar surface area (TPSA) is 66.4 Å². The highest BCUT2D eigenvalue weighted by molar-refractivity contribution is 6.31. The Balaban J connectivity index is 2.83. The minimum Gasteiger partial charge on any atom is -0.507 e. The van der Waals surface area contributed by atoms with E-state index in [2.05, 4.69) is 5.32 Å². The Morgan fingerprint density at radius 3 is 2.71 bits per heavy atom. The van der Waals surface area contributed by atoms with Crippen LogP contribution in [0.5, 0.6) is 5.75 Å². The van der Waals surface area contributed by atoms with Gasteiger partial charge in [0.15, 0.2) is 5.78 Å². The highest BCUT2D eigenvalue weighted by Crippen LogP contribution is 2.21. The fourth-order valence-electron chi connectivity index (χ4n) is 1.35. The molecule has 2 N–H and O–H groups in total. The number of aromatic hydroxyl groups is 1. The SMILES string of the molecule is CCC(=O)C(C)NC(=O)c1cc(Cl)ccc1O. The Kier molecular flexibility index (Phi) is 4.52. The zero-order chi connectivity index (χ0) is 13.0. The molecule has 0 radical (unpaired) electrons. The summed E-state index contributed by atoms with van der Waals surface area (Å²) in [6.07, 6.45) is 0.350. The lowest BCUT2D eigenvalue weighted by atomic mass is 10.1. The maximum Gasteiger partial charge on any atom is 0.255 e. The van der Waals surface area contributed by atoms with Crippen molar-refractivity contribution in [2.45, 2.75) is 26.3 Å². The standard InChI is InChI=1S/C12H14ClNO3/c1-3-10(15)7(2)14-12(17)9-6-8(13)4-5-11(9)16/h4-7,16H,3H2,1-2H3,(H,14,17). The van der Waals surface area contributed by atoms with E-state index < -0.39 is 11.9 Å². The number of benzene rings is 1. The third-order valence-electron chi connectivity index (χ3n) is 2.38. The lowest BCUT2D eigenvalue weighted by molar-refractivity contribution is -0.120. The normalized spacial score (nSPS) is 11.9. The number of hydrogen-bond acceptors (Lipinski definition) is 3. The molecule has 1 aromatic carbocycles. The van der Waals surface area contributed by atoms with Gasteiger partial charge in [-0.05, 0) is 25.1 Å². The molecule has 0 saturated heterocycles. The largest absolute Gasteiger partial charge is 0.507 e. The molecule has 1 atom stereocenters. The first kappa shape index (κ1) is 13.5. The van der Waals surface area contributed by atoms with Crippen LogP contribution < -0.4 is 5.32 Å². The molecular formula is C12H14ClNO3. The van der Waals surface area contributed by atoms with Gasteiger partial charge in [0.2, 0.25) is 0 Å². The average Bonchev–Trinajstić information content (AvgIpc) is 2.30. The number of ketones is 1. The van der Waals surface area contributed by atoms with Crippen LogP contribution in [0, 0.1) is 0 Å². The number of hydrogen-bond donors (Lipinski definition) is 2. The Morgan fingerprint density at radius 2 is 2.12 bits per heavy atom. The molecular weight excluding hydrogens is 242 g/mol. The van der Waals surface area contributed by atoms with E-state index in [-0.39, 0.29) is 17.1 Å². The van der Waals surface area contributed by atoms with Crippen LogP contribution in [0.15, 0.2) is 18.2 Å². The number of amides is 1. The van der Waals surface area contributed by atoms with Gasteiger partial charge >= 0.3 is 0 Å². The van der Waals surface area contributed by atoms with Gasteiger partial charge < -0.3 is 10.4 Å². The van der Waals surface area contributed by atoms with E-state index >= 15 is 0 Å². The monoisotopic (exact) mass is 255 g/mol. The number of phenols is 1. The van der Waals surface area contributed by atoms with Crippen molar-refractivity contribution in [1.82, 2.24) is 5.32 Å². The van der Waals surface area contributed by atoms with E-state index in [9.17, 15) is 14.7 Å². The molecule has 5 heteroatoms. The van der Waals surface area contributed by atoms with E-state index in [1.165, 1.54) is 18.2 Å². The van der Waals surface area contributed by atoms with Gasteiger partial charge in [-0.15, -0.1) is 0 Å². The molecule has 17 heavy (non-hydrogen) atoms. The lowest BCUT2D eigenvalue weighted by Crippen LogP contribution is -2.38. The van der Waals surface area contributed by atoms with Crippen molar-refractivity contribution >= 4 is 23.3 Å². The number of phenolic OH excluding ortho intramolecular Hbond substituents is 1. The molecule has 0 aliphatic carbocycles. The third-order valence-corrected chi connectivity index (χ3v) is 2.62. The first-order valence-electron chi connectivity index (χ1n) is 5.27. The molecule has 4 nitrogen and oxygen atoms in total. The van der Waals surface area contributed by atoms with Gasteiger partial charge in [0.25, 0.3) is 5.91 Å². The van der Waals surface area contributed by atoms with Gasteiger partial charge in [0.1, 0.15) is 5.75 Å². The molecule has 0 aliphatic rings. The molecule has 1 unspecified atom stereocenters. The van der Waals surface area contributed by atoms with E-state index in [0.29, 0.717) is 11.4 Å². The molecule has 0 bridgehead atoms. The maximum atomic E-state index is 11.8. The zero-order valence-corrected chi connectivity index (χ0v) is 10.4. The summed E-state index contributed by atoms with van der Waals surface area (Å²) >= 11 is 5.73. The molecule has 1 amide bonds. The van der Waals surface area contributed by atoms with Crippen molar-refractivity contribution in [3.05, 3.63) is 28.8 Å². The summed E-state index contributed by atoms with van der Waals surface area (Å²) in [7, 11) is 0. The first-order chi connectivity index (χ1) is 7.95. The van der Waals surface area contributed by atoms with Crippen LogP contribution in [0.4, 0.5) is 0 Å². The van der Waals surface area contributed by atoms with Crippen molar-refractivity contribution < 1.29 is 14.7 Å². The second-order valence-electron chi connectivity index (χ2n) is 3.68. The Labute approximate surface area is 105 Å². The molecule has 0 fully saturated rings. The summed E-state index contributed by atoms with van der Waals surface area (Å²) < 4.78 is 0. The van der Waals surface area contributed by atoms with E-state index in [1.54, 1.807) is 13.8 Å². The van der Waals surface area contributed by atoms with Crippen LogP contribution in [0.2, 0.25) is 5.02 Å². The van der Waals surface area contributed by atoms with Crippen molar-refractivity contribution in [1.29, 1.82) is 0 Å². The summed E-state index contributed by atoms with van der Waals surface area (Å²) in [5.74, 6) is -0.748. The van der Waals surface area contributed by atoms with Crippen molar-refractivity contribution in [2.75, 3.05) is 0 Å². The maximum absolute atomic E-state index is 11.8. The molecule has 0 spiro atoms. The molecule has 92 valence electrons. The lowest BCUT2D eigenvalue weighted by Gasteiger charge is -2.12. The third kappa shape index (κ3) is 3.46. The number of carbonyl (C=O) groups is 2. The molecule has 0 aromatic heterocycles. The molecule has 1 aromatic rings. The number of rotatable bonds is 4. The summed E-state index contributed by atoms with van der Waals surface area (Å²) in [5, 5.41) is 12.4. The number of nitrogens with one attached hydrogen (secondary N) is 1. The van der Waals surface area contributed by atoms with Gasteiger partial charge in [-0.25, -0.2) is 0 Å². The number of carbonyl (C=O) groups excluding carboxylic acids is 2. The van der Waals surface area contributed by atoms with Gasteiger partial charge in [-0.2, -0.15) is 0 Å². The van der Waals surface area contributed by atoms with E-state index in [0.717, 1.165) is 0 Å². The minimum atomic E-state index is -0.578. The molecule has 0 aliphatic heterocycles. The summed E-state index contributed by atoms with van der Waals surface area (Å²) in [6, 6.07) is 3.60. The smallest absolute Gasteiger partial charge is 0.255 e. The van der Waals surface area contributed by atoms with E-state index in [1.807, 2.05) is 0 Å². The minimum absolute atomic E-state index is 0.0632. The average molecular weight is 256 g/mol. The highest BCUT2D eigenvalue weighted by atomic mass is 35.5. The first-order valence-corrected chi connectivity index (χ1v) is 5.65. The van der Waals surface area contributed by atoms with Gasteiger partial charge in [-0.3, -0.25) is 9.59 Å². The van der Waals surface area contributed by atoms with Crippen LogP contribution in [-0.4, -0.2) is 22.8 Å². The molecule has 0 heterocycles. The predicted octanol–water partition coefficient (Wildman–Crippen LogP) is 2.14. The van der Waals surface area contributed by atoms with Crippen molar-refractivity contribution in [3.63, 3.8) is 0 Å². The predicted molar refractivity (Wildman–Crippen MR) is 65.3 cm³/mol. The Morgan fingerprint density at radius 1 is 1.47 bits per heavy atom. The number of halogens is 1. The number of Topliss-reactive ketones (excluding diaryl/α,β-unsaturated/α-hetero) is 1. The van der Waals surface area contributed by atoms with Crippen LogP contribution in [-0.2, 0) is 4.79 Å². The van der Waals surface area contributed by atoms with Gasteiger partial charge in [0, 0.05) is 11.4 Å². The zero-order valence-electron chi connectivity index (χ0n) is 9.66. The summed E-state index contributed by atoms with van der Waals surface area (Å²) in [5.41, 5.74) is 0.0632. The van der Waals surface area contributed by atoms with Crippen LogP contribution in [0.25, 0.3) is 0 Å².